The standard InChI is InChI=1S/C15H22O4/c1-4-5-6-7-8-15(2)14(17)10-12(19-15)9-13(11-16)18-3/h5-8,10,13,16H,4,9,11H2,1-3H3/b6-5+,8-7+. The Morgan fingerprint density at radius 1 is 1.53 bits per heavy atom. The molecule has 19 heavy (non-hydrogen) atoms. The van der Waals surface area contributed by atoms with Crippen molar-refractivity contribution in [3.05, 3.63) is 36.1 Å². The van der Waals surface area contributed by atoms with E-state index >= 15 is 0 Å². The first kappa shape index (κ1) is 15.7. The lowest BCUT2D eigenvalue weighted by atomic mass is 10.0. The van der Waals surface area contributed by atoms with E-state index in [4.69, 9.17) is 14.6 Å². The molecule has 1 aliphatic heterocycles. The van der Waals surface area contributed by atoms with E-state index in [-0.39, 0.29) is 18.5 Å². The Labute approximate surface area is 114 Å². The van der Waals surface area contributed by atoms with Gasteiger partial charge in [-0.2, -0.15) is 0 Å². The Morgan fingerprint density at radius 3 is 2.84 bits per heavy atom. The van der Waals surface area contributed by atoms with Crippen LogP contribution in [0.15, 0.2) is 36.1 Å². The number of carbonyl (C=O) groups excluding carboxylic acids is 1. The number of hydrogen-bond donors (Lipinski definition) is 1. The van der Waals surface area contributed by atoms with Gasteiger partial charge in [0.25, 0.3) is 0 Å². The molecule has 0 bridgehead atoms. The zero-order valence-corrected chi connectivity index (χ0v) is 11.8. The highest BCUT2D eigenvalue weighted by Crippen LogP contribution is 2.29. The van der Waals surface area contributed by atoms with Gasteiger partial charge in [-0.3, -0.25) is 4.79 Å². The minimum Gasteiger partial charge on any atom is -0.479 e. The third kappa shape index (κ3) is 4.33. The van der Waals surface area contributed by atoms with E-state index in [9.17, 15) is 4.79 Å². The first-order chi connectivity index (χ1) is 9.05. The van der Waals surface area contributed by atoms with Crippen molar-refractivity contribution >= 4 is 5.78 Å². The third-order valence-corrected chi connectivity index (χ3v) is 2.99. The van der Waals surface area contributed by atoms with E-state index in [0.29, 0.717) is 12.2 Å². The van der Waals surface area contributed by atoms with Crippen molar-refractivity contribution in [3.8, 4) is 0 Å². The second-order valence-corrected chi connectivity index (χ2v) is 4.62. The van der Waals surface area contributed by atoms with Gasteiger partial charge in [0.1, 0.15) is 5.76 Å². The molecule has 0 spiro atoms. The molecule has 1 heterocycles. The van der Waals surface area contributed by atoms with Gasteiger partial charge in [-0.25, -0.2) is 0 Å². The average Bonchev–Trinajstić information content (AvgIpc) is 2.67. The second-order valence-electron chi connectivity index (χ2n) is 4.62. The molecule has 2 unspecified atom stereocenters. The van der Waals surface area contributed by atoms with Gasteiger partial charge in [0.2, 0.25) is 5.78 Å². The fraction of sp³-hybridized carbons (Fsp3) is 0.533. The molecule has 0 aromatic heterocycles. The summed E-state index contributed by atoms with van der Waals surface area (Å²) in [5, 5.41) is 9.07. The number of hydrogen-bond acceptors (Lipinski definition) is 4. The maximum atomic E-state index is 11.9. The lowest BCUT2D eigenvalue weighted by Gasteiger charge is -2.21. The number of ether oxygens (including phenoxy) is 2. The predicted molar refractivity (Wildman–Crippen MR) is 73.7 cm³/mol. The predicted octanol–water partition coefficient (Wildman–Crippen LogP) is 2.15. The number of aliphatic hydroxyl groups is 1. The van der Waals surface area contributed by atoms with E-state index in [1.165, 1.54) is 13.2 Å². The maximum absolute atomic E-state index is 11.9. The molecule has 0 fully saturated rings. The summed E-state index contributed by atoms with van der Waals surface area (Å²) in [4.78, 5) is 11.9. The number of ketones is 1. The minimum atomic E-state index is -0.943. The van der Waals surface area contributed by atoms with Crippen LogP contribution in [-0.4, -0.2) is 36.3 Å². The Bertz CT molecular complexity index is 391. The van der Waals surface area contributed by atoms with E-state index in [0.717, 1.165) is 6.42 Å². The number of methoxy groups -OCH3 is 1. The van der Waals surface area contributed by atoms with Crippen molar-refractivity contribution in [2.45, 2.75) is 38.4 Å². The highest BCUT2D eigenvalue weighted by Gasteiger charge is 2.37. The summed E-state index contributed by atoms with van der Waals surface area (Å²) >= 11 is 0. The van der Waals surface area contributed by atoms with Gasteiger partial charge in [-0.1, -0.05) is 25.2 Å². The van der Waals surface area contributed by atoms with Crippen LogP contribution in [0.5, 0.6) is 0 Å². The molecule has 0 aromatic rings. The fourth-order valence-electron chi connectivity index (χ4n) is 1.76. The second kappa shape index (κ2) is 7.26. The van der Waals surface area contributed by atoms with Gasteiger partial charge in [0, 0.05) is 19.6 Å². The molecule has 1 rings (SSSR count). The van der Waals surface area contributed by atoms with E-state index in [1.54, 1.807) is 13.0 Å². The molecule has 2 atom stereocenters. The molecule has 0 radical (unpaired) electrons. The molecule has 0 aromatic carbocycles. The molecular weight excluding hydrogens is 244 g/mol. The van der Waals surface area contributed by atoms with Crippen LogP contribution in [0.25, 0.3) is 0 Å². The summed E-state index contributed by atoms with van der Waals surface area (Å²) in [7, 11) is 1.52. The van der Waals surface area contributed by atoms with Crippen LogP contribution in [0.1, 0.15) is 26.7 Å². The SMILES string of the molecule is CC/C=C/C=C/C1(C)OC(CC(CO)OC)=CC1=O. The molecule has 1 aliphatic rings. The number of carbonyl (C=O) groups is 1. The van der Waals surface area contributed by atoms with Crippen molar-refractivity contribution in [3.63, 3.8) is 0 Å². The van der Waals surface area contributed by atoms with E-state index in [1.807, 2.05) is 25.2 Å². The number of allylic oxidation sites excluding steroid dienone is 3. The van der Waals surface area contributed by atoms with Crippen LogP contribution in [0.2, 0.25) is 0 Å². The quantitative estimate of drug-likeness (QED) is 0.717. The van der Waals surface area contributed by atoms with E-state index < -0.39 is 5.60 Å². The normalized spacial score (nSPS) is 25.1. The highest BCUT2D eigenvalue weighted by molar-refractivity contribution is 6.00. The number of aliphatic hydroxyl groups excluding tert-OH is 1. The third-order valence-electron chi connectivity index (χ3n) is 2.99. The first-order valence-electron chi connectivity index (χ1n) is 6.47. The topological polar surface area (TPSA) is 55.8 Å². The lowest BCUT2D eigenvalue weighted by Crippen LogP contribution is -2.30. The van der Waals surface area contributed by atoms with Crippen molar-refractivity contribution < 1.29 is 19.4 Å². The fourth-order valence-corrected chi connectivity index (χ4v) is 1.76. The summed E-state index contributed by atoms with van der Waals surface area (Å²) in [5.74, 6) is 0.467. The summed E-state index contributed by atoms with van der Waals surface area (Å²) in [6.45, 7) is 3.68. The number of rotatable bonds is 7. The first-order valence-corrected chi connectivity index (χ1v) is 6.47. The Kier molecular flexibility index (Phi) is 5.99. The van der Waals surface area contributed by atoms with E-state index in [2.05, 4.69) is 0 Å². The Balaban J connectivity index is 2.65. The molecule has 4 nitrogen and oxygen atoms in total. The van der Waals surface area contributed by atoms with Crippen LogP contribution in [0.4, 0.5) is 0 Å². The van der Waals surface area contributed by atoms with Gasteiger partial charge < -0.3 is 14.6 Å². The van der Waals surface area contributed by atoms with Gasteiger partial charge >= 0.3 is 0 Å². The summed E-state index contributed by atoms with van der Waals surface area (Å²) in [6, 6.07) is 0. The Hall–Kier alpha value is -1.39. The lowest BCUT2D eigenvalue weighted by molar-refractivity contribution is -0.124. The van der Waals surface area contributed by atoms with Crippen LogP contribution in [0.3, 0.4) is 0 Å². The summed E-state index contributed by atoms with van der Waals surface area (Å²) in [5.41, 5.74) is -0.943. The Morgan fingerprint density at radius 2 is 2.26 bits per heavy atom. The molecule has 4 heteroatoms. The van der Waals surface area contributed by atoms with Crippen molar-refractivity contribution in [1.29, 1.82) is 0 Å². The van der Waals surface area contributed by atoms with Crippen molar-refractivity contribution in [2.75, 3.05) is 13.7 Å². The average molecular weight is 266 g/mol. The van der Waals surface area contributed by atoms with Gasteiger partial charge in [0.05, 0.1) is 12.7 Å². The van der Waals surface area contributed by atoms with Gasteiger partial charge in [0.15, 0.2) is 5.60 Å². The monoisotopic (exact) mass is 266 g/mol. The molecule has 0 aliphatic carbocycles. The zero-order chi connectivity index (χ0) is 14.3. The molecule has 0 amide bonds. The smallest absolute Gasteiger partial charge is 0.206 e. The molecule has 0 saturated heterocycles. The highest BCUT2D eigenvalue weighted by atomic mass is 16.5. The van der Waals surface area contributed by atoms with Crippen LogP contribution < -0.4 is 0 Å². The van der Waals surface area contributed by atoms with Crippen LogP contribution in [-0.2, 0) is 14.3 Å². The molecule has 1 N–H and O–H groups in total. The zero-order valence-electron chi connectivity index (χ0n) is 11.8. The maximum Gasteiger partial charge on any atom is 0.206 e. The molecule has 106 valence electrons. The summed E-state index contributed by atoms with van der Waals surface area (Å²) in [6.07, 6.45) is 9.94. The van der Waals surface area contributed by atoms with Crippen LogP contribution in [0, 0.1) is 0 Å². The van der Waals surface area contributed by atoms with Crippen molar-refractivity contribution in [2.24, 2.45) is 0 Å². The molecule has 0 saturated carbocycles. The van der Waals surface area contributed by atoms with Crippen molar-refractivity contribution in [1.82, 2.24) is 0 Å². The summed E-state index contributed by atoms with van der Waals surface area (Å²) < 4.78 is 10.7. The molecular formula is C15H22O4. The minimum absolute atomic E-state index is 0.0866. The van der Waals surface area contributed by atoms with Crippen LogP contribution >= 0.6 is 0 Å². The van der Waals surface area contributed by atoms with Gasteiger partial charge in [-0.15, -0.1) is 0 Å². The van der Waals surface area contributed by atoms with Gasteiger partial charge in [-0.05, 0) is 19.4 Å². The largest absolute Gasteiger partial charge is 0.479 e.